The summed E-state index contributed by atoms with van der Waals surface area (Å²) in [6, 6.07) is 1.51. The first-order chi connectivity index (χ1) is 8.19. The van der Waals surface area contributed by atoms with E-state index in [9.17, 15) is 9.59 Å². The van der Waals surface area contributed by atoms with Crippen molar-refractivity contribution in [1.82, 2.24) is 15.0 Å². The van der Waals surface area contributed by atoms with Gasteiger partial charge in [-0.05, 0) is 25.7 Å². The average molecular weight is 240 g/mol. The van der Waals surface area contributed by atoms with E-state index in [1.807, 2.05) is 6.92 Å². The zero-order valence-electron chi connectivity index (χ0n) is 10.2. The van der Waals surface area contributed by atoms with Crippen molar-refractivity contribution < 1.29 is 0 Å². The highest BCUT2D eigenvalue weighted by molar-refractivity contribution is 4.99. The molecule has 6 heteroatoms. The van der Waals surface area contributed by atoms with Gasteiger partial charge in [-0.2, -0.15) is 0 Å². The van der Waals surface area contributed by atoms with Crippen molar-refractivity contribution in [3.05, 3.63) is 32.6 Å². The number of aromatic amines is 1. The Balaban J connectivity index is 2.70. The lowest BCUT2D eigenvalue weighted by atomic mass is 10.2. The van der Waals surface area contributed by atoms with Gasteiger partial charge >= 0.3 is 5.69 Å². The molecule has 0 unspecified atom stereocenters. The van der Waals surface area contributed by atoms with E-state index in [1.54, 1.807) is 0 Å². The summed E-state index contributed by atoms with van der Waals surface area (Å²) >= 11 is 0. The van der Waals surface area contributed by atoms with Crippen LogP contribution in [-0.2, 0) is 13.0 Å². The monoisotopic (exact) mass is 240 g/mol. The lowest BCUT2D eigenvalue weighted by Crippen LogP contribution is -2.35. The van der Waals surface area contributed by atoms with Gasteiger partial charge < -0.3 is 4.98 Å². The summed E-state index contributed by atoms with van der Waals surface area (Å²) in [5.41, 5.74) is 2.73. The molecule has 17 heavy (non-hydrogen) atoms. The molecule has 96 valence electrons. The molecule has 4 N–H and O–H groups in total. The Morgan fingerprint density at radius 3 is 2.76 bits per heavy atom. The summed E-state index contributed by atoms with van der Waals surface area (Å²) < 4.78 is 1.23. The van der Waals surface area contributed by atoms with Gasteiger partial charge in [0, 0.05) is 24.8 Å². The van der Waals surface area contributed by atoms with Gasteiger partial charge in [0.2, 0.25) is 0 Å². The lowest BCUT2D eigenvalue weighted by molar-refractivity contribution is 0.599. The average Bonchev–Trinajstić information content (AvgIpc) is 2.29. The fourth-order valence-electron chi connectivity index (χ4n) is 1.68. The fraction of sp³-hybridized carbons (Fsp3) is 0.636. The molecule has 0 atom stereocenters. The normalized spacial score (nSPS) is 10.7. The minimum atomic E-state index is -0.314. The van der Waals surface area contributed by atoms with Gasteiger partial charge in [-0.25, -0.2) is 4.79 Å². The van der Waals surface area contributed by atoms with Gasteiger partial charge in [-0.3, -0.25) is 20.6 Å². The maximum Gasteiger partial charge on any atom is 0.328 e. The van der Waals surface area contributed by atoms with Crippen LogP contribution >= 0.6 is 0 Å². The summed E-state index contributed by atoms with van der Waals surface area (Å²) in [5, 5.41) is 0. The fourth-order valence-corrected chi connectivity index (χ4v) is 1.68. The van der Waals surface area contributed by atoms with E-state index < -0.39 is 0 Å². The molecule has 0 aromatic carbocycles. The number of unbranched alkanes of at least 4 members (excludes halogenated alkanes) is 1. The Kier molecular flexibility index (Phi) is 5.65. The van der Waals surface area contributed by atoms with Crippen LogP contribution in [0.1, 0.15) is 31.9 Å². The number of nitrogens with one attached hydrogen (secondary N) is 2. The van der Waals surface area contributed by atoms with Gasteiger partial charge in [0.25, 0.3) is 5.56 Å². The van der Waals surface area contributed by atoms with Crippen molar-refractivity contribution in [2.24, 2.45) is 5.84 Å². The number of aromatic nitrogens is 2. The van der Waals surface area contributed by atoms with Crippen LogP contribution in [0.5, 0.6) is 0 Å². The van der Waals surface area contributed by atoms with Crippen LogP contribution in [-0.4, -0.2) is 16.1 Å². The molecule has 0 amide bonds. The zero-order valence-corrected chi connectivity index (χ0v) is 10.2. The molecule has 0 spiro atoms. The molecular formula is C11H20N4O2. The van der Waals surface area contributed by atoms with Crippen LogP contribution in [0.25, 0.3) is 0 Å². The minimum Gasteiger partial charge on any atom is -0.311 e. The summed E-state index contributed by atoms with van der Waals surface area (Å²) in [7, 11) is 0. The van der Waals surface area contributed by atoms with Gasteiger partial charge in [0.05, 0.1) is 0 Å². The second-order valence-corrected chi connectivity index (χ2v) is 4.00. The molecule has 1 heterocycles. The Bertz CT molecular complexity index is 418. The molecular weight excluding hydrogens is 220 g/mol. The second-order valence-electron chi connectivity index (χ2n) is 4.00. The molecule has 0 aliphatic carbocycles. The smallest absolute Gasteiger partial charge is 0.311 e. The number of H-pyrrole nitrogens is 1. The van der Waals surface area contributed by atoms with Crippen LogP contribution in [0, 0.1) is 0 Å². The number of hydrogen-bond acceptors (Lipinski definition) is 4. The van der Waals surface area contributed by atoms with E-state index in [1.165, 1.54) is 10.6 Å². The Hall–Kier alpha value is -1.40. The van der Waals surface area contributed by atoms with Crippen molar-refractivity contribution in [3.8, 4) is 0 Å². The largest absolute Gasteiger partial charge is 0.328 e. The Morgan fingerprint density at radius 2 is 2.18 bits per heavy atom. The van der Waals surface area contributed by atoms with E-state index in [2.05, 4.69) is 10.4 Å². The highest BCUT2D eigenvalue weighted by Gasteiger charge is 2.03. The zero-order chi connectivity index (χ0) is 12.7. The van der Waals surface area contributed by atoms with Crippen LogP contribution < -0.4 is 22.5 Å². The summed E-state index contributed by atoms with van der Waals surface area (Å²) in [6.07, 6.45) is 3.26. The summed E-state index contributed by atoms with van der Waals surface area (Å²) in [6.45, 7) is 3.13. The third-order valence-corrected chi connectivity index (χ3v) is 2.54. The molecule has 0 fully saturated rings. The van der Waals surface area contributed by atoms with Crippen LogP contribution in [0.15, 0.2) is 15.7 Å². The van der Waals surface area contributed by atoms with Crippen molar-refractivity contribution in [3.63, 3.8) is 0 Å². The third kappa shape index (κ3) is 4.16. The topological polar surface area (TPSA) is 92.9 Å². The number of nitrogens with two attached hydrogens (primary N) is 1. The van der Waals surface area contributed by atoms with Crippen LogP contribution in [0.3, 0.4) is 0 Å². The first-order valence-electron chi connectivity index (χ1n) is 5.95. The molecule has 0 aliphatic rings. The van der Waals surface area contributed by atoms with Crippen molar-refractivity contribution in [2.45, 2.75) is 39.2 Å². The van der Waals surface area contributed by atoms with Crippen molar-refractivity contribution in [2.75, 3.05) is 6.54 Å². The molecule has 0 radical (unpaired) electrons. The molecule has 1 aromatic rings. The standard InChI is InChI=1S/C11H20N4O2/c1-2-7-15-10(16)8-9(14-11(15)17)5-3-4-6-13-12/h8,13H,2-7,12H2,1H3,(H,14,17). The minimum absolute atomic E-state index is 0.220. The number of nitrogens with zero attached hydrogens (tertiary/aromatic N) is 1. The van der Waals surface area contributed by atoms with E-state index in [0.29, 0.717) is 18.7 Å². The van der Waals surface area contributed by atoms with Gasteiger partial charge in [0.1, 0.15) is 0 Å². The molecule has 6 nitrogen and oxygen atoms in total. The SMILES string of the molecule is CCCn1c(=O)cc(CCCCNN)[nH]c1=O. The Labute approximate surface area is 99.8 Å². The van der Waals surface area contributed by atoms with Crippen LogP contribution in [0.2, 0.25) is 0 Å². The number of hydrazine groups is 1. The van der Waals surface area contributed by atoms with Gasteiger partial charge in [-0.15, -0.1) is 0 Å². The van der Waals surface area contributed by atoms with E-state index in [-0.39, 0.29) is 11.2 Å². The van der Waals surface area contributed by atoms with Gasteiger partial charge in [-0.1, -0.05) is 6.92 Å². The summed E-state index contributed by atoms with van der Waals surface area (Å²) in [5.74, 6) is 5.15. The summed E-state index contributed by atoms with van der Waals surface area (Å²) in [4.78, 5) is 26.0. The Morgan fingerprint density at radius 1 is 1.41 bits per heavy atom. The van der Waals surface area contributed by atoms with E-state index in [0.717, 1.165) is 25.8 Å². The predicted molar refractivity (Wildman–Crippen MR) is 66.7 cm³/mol. The first kappa shape index (κ1) is 13.7. The van der Waals surface area contributed by atoms with Crippen molar-refractivity contribution in [1.29, 1.82) is 0 Å². The molecule has 0 aliphatic heterocycles. The highest BCUT2D eigenvalue weighted by atomic mass is 16.2. The first-order valence-corrected chi connectivity index (χ1v) is 5.95. The van der Waals surface area contributed by atoms with Gasteiger partial charge in [0.15, 0.2) is 0 Å². The second kappa shape index (κ2) is 7.03. The van der Waals surface area contributed by atoms with E-state index in [4.69, 9.17) is 5.84 Å². The molecule has 1 aromatic heterocycles. The lowest BCUT2D eigenvalue weighted by Gasteiger charge is -2.05. The quantitative estimate of drug-likeness (QED) is 0.347. The van der Waals surface area contributed by atoms with Crippen molar-refractivity contribution >= 4 is 0 Å². The third-order valence-electron chi connectivity index (χ3n) is 2.54. The number of hydrogen-bond donors (Lipinski definition) is 3. The predicted octanol–water partition coefficient (Wildman–Crippen LogP) is -0.267. The number of rotatable bonds is 7. The highest BCUT2D eigenvalue weighted by Crippen LogP contribution is 1.97. The maximum absolute atomic E-state index is 11.7. The number of aryl methyl sites for hydroxylation is 1. The maximum atomic E-state index is 11.7. The molecule has 1 rings (SSSR count). The van der Waals surface area contributed by atoms with Crippen LogP contribution in [0.4, 0.5) is 0 Å². The molecule has 0 bridgehead atoms. The molecule has 0 saturated carbocycles. The molecule has 0 saturated heterocycles. The van der Waals surface area contributed by atoms with E-state index >= 15 is 0 Å².